The number of carboxylic acid groups (broad SMARTS) is 2. The Hall–Kier alpha value is -5.96. The summed E-state index contributed by atoms with van der Waals surface area (Å²) in [5.74, 6) is -5.13. The number of rotatable bonds is 10. The van der Waals surface area contributed by atoms with Gasteiger partial charge in [-0.25, -0.2) is 9.59 Å². The molecule has 0 spiro atoms. The van der Waals surface area contributed by atoms with Crippen molar-refractivity contribution in [3.8, 4) is 0 Å². The molecule has 8 N–H and O–H groups in total. The molecule has 0 fully saturated rings. The van der Waals surface area contributed by atoms with Crippen molar-refractivity contribution in [2.75, 3.05) is 35.4 Å². The number of benzene rings is 5. The molecule has 0 aromatic heterocycles. The number of nitrogen functional groups attached to an aromatic ring is 2. The third-order valence-corrected chi connectivity index (χ3v) is 13.1. The third-order valence-electron chi connectivity index (χ3n) is 8.03. The number of hydrogen-bond acceptors (Lipinski definition) is 8. The molecule has 2 amide bonds. The highest BCUT2D eigenvalue weighted by atomic mass is 31.2. The largest absolute Gasteiger partial charge is 0.478 e. The van der Waals surface area contributed by atoms with Crippen LogP contribution in [-0.4, -0.2) is 47.3 Å². The first kappa shape index (κ1) is 35.3. The lowest BCUT2D eigenvalue weighted by Gasteiger charge is -2.17. The van der Waals surface area contributed by atoms with Gasteiger partial charge in [-0.2, -0.15) is 0 Å². The van der Waals surface area contributed by atoms with E-state index in [1.807, 2.05) is 0 Å². The predicted octanol–water partition coefficient (Wildman–Crippen LogP) is 4.64. The number of carboxylic acids is 2. The van der Waals surface area contributed by atoms with Crippen LogP contribution in [0, 0.1) is 0 Å². The van der Waals surface area contributed by atoms with Gasteiger partial charge in [0.15, 0.2) is 0 Å². The van der Waals surface area contributed by atoms with Crippen molar-refractivity contribution in [1.29, 1.82) is 0 Å². The Bertz CT molecular complexity index is 2150. The van der Waals surface area contributed by atoms with E-state index in [-0.39, 0.29) is 11.4 Å². The van der Waals surface area contributed by atoms with E-state index in [1.54, 1.807) is 86.1 Å². The van der Waals surface area contributed by atoms with Gasteiger partial charge in [-0.1, -0.05) is 48.5 Å². The molecule has 5 aromatic rings. The van der Waals surface area contributed by atoms with Gasteiger partial charge in [0.2, 0.25) is 0 Å². The van der Waals surface area contributed by atoms with Crippen LogP contribution < -0.4 is 43.3 Å². The molecule has 5 rings (SSSR count). The molecule has 0 aliphatic carbocycles. The van der Waals surface area contributed by atoms with E-state index < -0.39 is 60.3 Å². The molecule has 0 aliphatic rings. The minimum atomic E-state index is -3.16. The van der Waals surface area contributed by atoms with Crippen molar-refractivity contribution in [2.24, 2.45) is 0 Å². The quantitative estimate of drug-likeness (QED) is 0.0871. The number of aromatic carboxylic acids is 2. The molecule has 0 heterocycles. The number of anilines is 4. The first-order valence-corrected chi connectivity index (χ1v) is 19.2. The second-order valence-corrected chi connectivity index (χ2v) is 17.4. The second-order valence-electron chi connectivity index (χ2n) is 11.6. The zero-order chi connectivity index (χ0) is 36.4. The standard InChI is InChI=1S/C36H32N4O8P2/c1-49(47,25-11-3-7-21(37)15-25)27-13-5-9-23(17-27)39-33(41)29-19-30(32(36(45)46)20-31(29)35(43)44)34(42)40-24-10-6-14-28(18-24)50(2,48)26-12-4-8-22(38)16-26/h3-20H,37-38H2,1-2H3,(H,39,41)(H,40,42)(H,43,44)(H,45,46). The van der Waals surface area contributed by atoms with Crippen LogP contribution in [0.15, 0.2) is 109 Å². The maximum atomic E-state index is 13.8. The fraction of sp³-hybridized carbons (Fsp3) is 0.0556. The van der Waals surface area contributed by atoms with E-state index in [2.05, 4.69) is 10.6 Å². The monoisotopic (exact) mass is 710 g/mol. The minimum absolute atomic E-state index is 0.170. The summed E-state index contributed by atoms with van der Waals surface area (Å²) in [5, 5.41) is 26.7. The zero-order valence-corrected chi connectivity index (χ0v) is 28.6. The summed E-state index contributed by atoms with van der Waals surface area (Å²) in [6.45, 7) is 3.10. The zero-order valence-electron chi connectivity index (χ0n) is 26.8. The molecule has 2 unspecified atom stereocenters. The Morgan fingerprint density at radius 1 is 0.500 bits per heavy atom. The van der Waals surface area contributed by atoms with E-state index in [4.69, 9.17) is 11.5 Å². The number of nitrogens with two attached hydrogens (primary N) is 2. The molecule has 0 bridgehead atoms. The van der Waals surface area contributed by atoms with Gasteiger partial charge >= 0.3 is 11.9 Å². The Morgan fingerprint density at radius 2 is 0.820 bits per heavy atom. The Kier molecular flexibility index (Phi) is 9.81. The van der Waals surface area contributed by atoms with Crippen LogP contribution in [0.2, 0.25) is 0 Å². The fourth-order valence-electron chi connectivity index (χ4n) is 5.30. The highest BCUT2D eigenvalue weighted by Crippen LogP contribution is 2.41. The van der Waals surface area contributed by atoms with Gasteiger partial charge < -0.3 is 41.4 Å². The molecule has 0 radical (unpaired) electrons. The first-order chi connectivity index (χ1) is 23.6. The summed E-state index contributed by atoms with van der Waals surface area (Å²) < 4.78 is 27.6. The SMILES string of the molecule is CP(=O)(c1cccc(N)c1)c1cccc(NC(=O)c2cc(C(=O)Nc3cccc(P(C)(=O)c4cccc(N)c4)c3)c(C(=O)O)cc2C(=O)O)c1. The maximum absolute atomic E-state index is 13.8. The highest BCUT2D eigenvalue weighted by molar-refractivity contribution is 7.78. The summed E-state index contributed by atoms with van der Waals surface area (Å²) in [6, 6.07) is 27.2. The normalized spacial score (nSPS) is 13.3. The van der Waals surface area contributed by atoms with Gasteiger partial charge in [0.05, 0.1) is 22.3 Å². The molecule has 14 heteroatoms. The van der Waals surface area contributed by atoms with Crippen molar-refractivity contribution < 1.29 is 38.5 Å². The fourth-order valence-corrected chi connectivity index (χ4v) is 8.94. The number of hydrogen-bond donors (Lipinski definition) is 6. The Labute approximate surface area is 286 Å². The van der Waals surface area contributed by atoms with Gasteiger partial charge in [0.25, 0.3) is 11.8 Å². The molecular weight excluding hydrogens is 678 g/mol. The van der Waals surface area contributed by atoms with Crippen molar-refractivity contribution >= 4 is 82.0 Å². The number of nitrogens with one attached hydrogen (secondary N) is 2. The van der Waals surface area contributed by atoms with Crippen LogP contribution in [0.1, 0.15) is 41.4 Å². The van der Waals surface area contributed by atoms with E-state index >= 15 is 0 Å². The molecule has 12 nitrogen and oxygen atoms in total. The molecule has 254 valence electrons. The van der Waals surface area contributed by atoms with Gasteiger partial charge in [-0.15, -0.1) is 0 Å². The molecule has 0 saturated carbocycles. The van der Waals surface area contributed by atoms with Crippen molar-refractivity contribution in [1.82, 2.24) is 0 Å². The maximum Gasteiger partial charge on any atom is 0.336 e. The van der Waals surface area contributed by atoms with Crippen molar-refractivity contribution in [3.63, 3.8) is 0 Å². The van der Waals surface area contributed by atoms with E-state index in [0.717, 1.165) is 12.1 Å². The second kappa shape index (κ2) is 13.9. The van der Waals surface area contributed by atoms with Gasteiger partial charge in [-0.05, 0) is 74.0 Å². The summed E-state index contributed by atoms with van der Waals surface area (Å²) in [5.41, 5.74) is 10.6. The molecule has 5 aromatic carbocycles. The summed E-state index contributed by atoms with van der Waals surface area (Å²) in [7, 11) is -6.33. The lowest BCUT2D eigenvalue weighted by Crippen LogP contribution is -2.23. The van der Waals surface area contributed by atoms with E-state index in [1.165, 1.54) is 24.3 Å². The Balaban J connectivity index is 1.48. The molecule has 2 atom stereocenters. The molecule has 0 aliphatic heterocycles. The topological polar surface area (TPSA) is 219 Å². The molecule has 0 saturated heterocycles. The number of amides is 2. The average molecular weight is 711 g/mol. The summed E-state index contributed by atoms with van der Waals surface area (Å²) in [4.78, 5) is 51.5. The lowest BCUT2D eigenvalue weighted by molar-refractivity contribution is 0.0690. The minimum Gasteiger partial charge on any atom is -0.478 e. The van der Waals surface area contributed by atoms with Crippen LogP contribution in [0.25, 0.3) is 0 Å². The summed E-state index contributed by atoms with van der Waals surface area (Å²) >= 11 is 0. The van der Waals surface area contributed by atoms with Gasteiger partial charge in [0.1, 0.15) is 14.3 Å². The van der Waals surface area contributed by atoms with E-state index in [9.17, 15) is 38.5 Å². The average Bonchev–Trinajstić information content (AvgIpc) is 3.07. The smallest absolute Gasteiger partial charge is 0.336 e. The van der Waals surface area contributed by atoms with E-state index in [0.29, 0.717) is 32.6 Å². The van der Waals surface area contributed by atoms with Crippen LogP contribution in [-0.2, 0) is 9.13 Å². The van der Waals surface area contributed by atoms with Crippen LogP contribution in [0.3, 0.4) is 0 Å². The lowest BCUT2D eigenvalue weighted by atomic mass is 9.96. The highest BCUT2D eigenvalue weighted by Gasteiger charge is 2.28. The van der Waals surface area contributed by atoms with Crippen molar-refractivity contribution in [3.05, 3.63) is 131 Å². The van der Waals surface area contributed by atoms with Crippen LogP contribution in [0.5, 0.6) is 0 Å². The Morgan fingerprint density at radius 3 is 1.16 bits per heavy atom. The number of carbonyl (C=O) groups is 4. The van der Waals surface area contributed by atoms with Crippen LogP contribution in [0.4, 0.5) is 22.7 Å². The van der Waals surface area contributed by atoms with Gasteiger partial charge in [0, 0.05) is 44.0 Å². The van der Waals surface area contributed by atoms with Gasteiger partial charge in [-0.3, -0.25) is 9.59 Å². The first-order valence-electron chi connectivity index (χ1n) is 14.9. The third kappa shape index (κ3) is 7.37. The van der Waals surface area contributed by atoms with Crippen LogP contribution >= 0.6 is 14.3 Å². The molecule has 50 heavy (non-hydrogen) atoms. The van der Waals surface area contributed by atoms with Crippen molar-refractivity contribution in [2.45, 2.75) is 0 Å². The predicted molar refractivity (Wildman–Crippen MR) is 196 cm³/mol. The number of carbonyl (C=O) groups excluding carboxylic acids is 2. The molecular formula is C36H32N4O8P2. The summed E-state index contributed by atoms with van der Waals surface area (Å²) in [6.07, 6.45) is 0.